The van der Waals surface area contributed by atoms with Crippen molar-refractivity contribution < 1.29 is 14.3 Å². The smallest absolute Gasteiger partial charge is 0.410 e. The molecule has 0 saturated carbocycles. The lowest BCUT2D eigenvalue weighted by atomic mass is 10.0. The molecule has 0 spiro atoms. The van der Waals surface area contributed by atoms with Gasteiger partial charge in [-0.3, -0.25) is 0 Å². The van der Waals surface area contributed by atoms with Crippen LogP contribution in [0.3, 0.4) is 0 Å². The maximum Gasteiger partial charge on any atom is 0.410 e. The molecule has 1 fully saturated rings. The minimum atomic E-state index is -0.523. The average Bonchev–Trinajstić information content (AvgIpc) is 3.17. The van der Waals surface area contributed by atoms with Gasteiger partial charge in [0.2, 0.25) is 0 Å². The molecule has 0 atom stereocenters. The number of anilines is 1. The minimum Gasteiger partial charge on any atom is -0.491 e. The summed E-state index contributed by atoms with van der Waals surface area (Å²) in [6, 6.07) is 10.2. The van der Waals surface area contributed by atoms with E-state index >= 15 is 0 Å². The third kappa shape index (κ3) is 5.91. The summed E-state index contributed by atoms with van der Waals surface area (Å²) < 4.78 is 11.4. The summed E-state index contributed by atoms with van der Waals surface area (Å²) in [5.41, 5.74) is 2.53. The van der Waals surface area contributed by atoms with Crippen LogP contribution in [0.25, 0.3) is 11.1 Å². The van der Waals surface area contributed by atoms with Crippen LogP contribution in [0.2, 0.25) is 0 Å². The fraction of sp³-hybridized carbons (Fsp3) is 0.520. The summed E-state index contributed by atoms with van der Waals surface area (Å²) in [5, 5.41) is 3.41. The van der Waals surface area contributed by atoms with Gasteiger partial charge in [0.15, 0.2) is 0 Å². The molecule has 2 aromatic rings. The summed E-state index contributed by atoms with van der Waals surface area (Å²) >= 11 is 0. The molecule has 0 bridgehead atoms. The predicted molar refractivity (Wildman–Crippen MR) is 126 cm³/mol. The van der Waals surface area contributed by atoms with E-state index in [4.69, 9.17) is 9.47 Å². The van der Waals surface area contributed by atoms with Crippen LogP contribution in [-0.2, 0) is 11.3 Å². The summed E-state index contributed by atoms with van der Waals surface area (Å²) in [6.45, 7) is 11.4. The van der Waals surface area contributed by atoms with Gasteiger partial charge in [-0.1, -0.05) is 6.07 Å². The number of amides is 1. The van der Waals surface area contributed by atoms with Gasteiger partial charge in [-0.2, -0.15) is 0 Å². The van der Waals surface area contributed by atoms with Crippen LogP contribution in [0, 0.1) is 0 Å². The van der Waals surface area contributed by atoms with E-state index in [9.17, 15) is 4.79 Å². The van der Waals surface area contributed by atoms with E-state index in [1.165, 1.54) is 25.9 Å². The number of rotatable bonds is 5. The molecule has 1 N–H and O–H groups in total. The van der Waals surface area contributed by atoms with E-state index in [1.54, 1.807) is 4.90 Å². The highest BCUT2D eigenvalue weighted by Gasteiger charge is 2.25. The quantitative estimate of drug-likeness (QED) is 0.747. The van der Waals surface area contributed by atoms with E-state index in [0.29, 0.717) is 19.7 Å². The second-order valence-corrected chi connectivity index (χ2v) is 9.48. The Kier molecular flexibility index (Phi) is 6.84. The minimum absolute atomic E-state index is 0.314. The third-order valence-electron chi connectivity index (χ3n) is 5.72. The monoisotopic (exact) mass is 438 g/mol. The van der Waals surface area contributed by atoms with Crippen molar-refractivity contribution in [3.8, 4) is 16.9 Å². The van der Waals surface area contributed by atoms with Gasteiger partial charge in [0.25, 0.3) is 0 Å². The number of pyridine rings is 1. The van der Waals surface area contributed by atoms with Crippen LogP contribution in [0.5, 0.6) is 5.75 Å². The average molecular weight is 439 g/mol. The zero-order valence-electron chi connectivity index (χ0n) is 19.4. The molecule has 2 aliphatic heterocycles. The van der Waals surface area contributed by atoms with Crippen LogP contribution in [-0.4, -0.2) is 65.8 Å². The molecule has 7 heteroatoms. The van der Waals surface area contributed by atoms with Gasteiger partial charge in [0.1, 0.15) is 23.8 Å². The van der Waals surface area contributed by atoms with E-state index < -0.39 is 5.60 Å². The molecule has 3 heterocycles. The summed E-state index contributed by atoms with van der Waals surface area (Å²) in [4.78, 5) is 21.3. The first-order chi connectivity index (χ1) is 15.4. The van der Waals surface area contributed by atoms with E-state index in [2.05, 4.69) is 27.3 Å². The number of carbonyl (C=O) groups excluding carboxylic acids is 1. The molecule has 0 radical (unpaired) electrons. The molecule has 4 rings (SSSR count). The Morgan fingerprint density at radius 3 is 2.62 bits per heavy atom. The standard InChI is InChI=1S/C25H34N4O3/c1-25(2,3)32-24(30)29-14-15-31-22-8-6-19(16-21(22)18-29)20-7-9-23(27-17-20)26-10-13-28-11-4-5-12-28/h6-9,16-17H,4-5,10-15,18H2,1-3H3,(H,26,27). The Morgan fingerprint density at radius 1 is 1.12 bits per heavy atom. The van der Waals surface area contributed by atoms with E-state index in [1.807, 2.05) is 45.2 Å². The highest BCUT2D eigenvalue weighted by Crippen LogP contribution is 2.30. The van der Waals surface area contributed by atoms with Crippen molar-refractivity contribution in [3.05, 3.63) is 42.1 Å². The number of likely N-dealkylation sites (tertiary alicyclic amines) is 1. The Balaban J connectivity index is 1.41. The predicted octanol–water partition coefficient (Wildman–Crippen LogP) is 4.39. The summed E-state index contributed by atoms with van der Waals surface area (Å²) in [7, 11) is 0. The Hall–Kier alpha value is -2.80. The molecule has 32 heavy (non-hydrogen) atoms. The van der Waals surface area contributed by atoms with Gasteiger partial charge in [-0.05, 0) is 76.5 Å². The highest BCUT2D eigenvalue weighted by molar-refractivity contribution is 5.70. The molecule has 2 aliphatic rings. The maximum absolute atomic E-state index is 12.6. The lowest BCUT2D eigenvalue weighted by Crippen LogP contribution is -2.37. The first-order valence-electron chi connectivity index (χ1n) is 11.5. The molecule has 0 unspecified atom stereocenters. The normalized spacial score (nSPS) is 16.8. The number of benzene rings is 1. The zero-order chi connectivity index (χ0) is 22.6. The SMILES string of the molecule is CC(C)(C)OC(=O)N1CCOc2ccc(-c3ccc(NCCN4CCCC4)nc3)cc2C1. The number of ether oxygens (including phenoxy) is 2. The van der Waals surface area contributed by atoms with Crippen molar-refractivity contribution in [2.24, 2.45) is 0 Å². The largest absolute Gasteiger partial charge is 0.491 e. The lowest BCUT2D eigenvalue weighted by Gasteiger charge is -2.26. The Labute approximate surface area is 190 Å². The molecule has 1 aromatic heterocycles. The first-order valence-corrected chi connectivity index (χ1v) is 11.5. The maximum atomic E-state index is 12.6. The van der Waals surface area contributed by atoms with Crippen LogP contribution < -0.4 is 10.1 Å². The second kappa shape index (κ2) is 9.77. The Bertz CT molecular complexity index is 918. The molecule has 1 amide bonds. The van der Waals surface area contributed by atoms with Crippen molar-refractivity contribution in [1.29, 1.82) is 0 Å². The van der Waals surface area contributed by atoms with Gasteiger partial charge in [-0.15, -0.1) is 0 Å². The number of nitrogens with one attached hydrogen (secondary N) is 1. The van der Waals surface area contributed by atoms with Crippen molar-refractivity contribution in [3.63, 3.8) is 0 Å². The third-order valence-corrected chi connectivity index (χ3v) is 5.72. The molecule has 7 nitrogen and oxygen atoms in total. The van der Waals surface area contributed by atoms with Crippen LogP contribution in [0.15, 0.2) is 36.5 Å². The lowest BCUT2D eigenvalue weighted by molar-refractivity contribution is 0.0225. The number of aromatic nitrogens is 1. The molecule has 1 aromatic carbocycles. The van der Waals surface area contributed by atoms with E-state index in [-0.39, 0.29) is 6.09 Å². The molecule has 172 valence electrons. The van der Waals surface area contributed by atoms with Crippen molar-refractivity contribution in [2.75, 3.05) is 44.6 Å². The van der Waals surface area contributed by atoms with Crippen LogP contribution in [0.1, 0.15) is 39.2 Å². The second-order valence-electron chi connectivity index (χ2n) is 9.48. The topological polar surface area (TPSA) is 66.9 Å². The number of carbonyl (C=O) groups is 1. The first kappa shape index (κ1) is 22.4. The van der Waals surface area contributed by atoms with Gasteiger partial charge in [0, 0.05) is 30.4 Å². The number of hydrogen-bond acceptors (Lipinski definition) is 6. The highest BCUT2D eigenvalue weighted by atomic mass is 16.6. The van der Waals surface area contributed by atoms with Gasteiger partial charge < -0.3 is 24.6 Å². The molecular weight excluding hydrogens is 404 g/mol. The molecular formula is C25H34N4O3. The van der Waals surface area contributed by atoms with Gasteiger partial charge in [0.05, 0.1) is 13.1 Å². The van der Waals surface area contributed by atoms with Gasteiger partial charge in [-0.25, -0.2) is 9.78 Å². The number of nitrogens with zero attached hydrogens (tertiary/aromatic N) is 3. The summed E-state index contributed by atoms with van der Waals surface area (Å²) in [6.07, 6.45) is 4.21. The van der Waals surface area contributed by atoms with Crippen molar-refractivity contribution >= 4 is 11.9 Å². The molecule has 1 saturated heterocycles. The molecule has 0 aliphatic carbocycles. The van der Waals surface area contributed by atoms with Gasteiger partial charge >= 0.3 is 6.09 Å². The zero-order valence-corrected chi connectivity index (χ0v) is 19.4. The number of hydrogen-bond donors (Lipinski definition) is 1. The van der Waals surface area contributed by atoms with Crippen molar-refractivity contribution in [1.82, 2.24) is 14.8 Å². The van der Waals surface area contributed by atoms with Crippen LogP contribution >= 0.6 is 0 Å². The van der Waals surface area contributed by atoms with Crippen molar-refractivity contribution in [2.45, 2.75) is 45.8 Å². The van der Waals surface area contributed by atoms with E-state index in [0.717, 1.165) is 41.3 Å². The Morgan fingerprint density at radius 2 is 1.91 bits per heavy atom. The van der Waals surface area contributed by atoms with Crippen LogP contribution in [0.4, 0.5) is 10.6 Å². The fourth-order valence-electron chi connectivity index (χ4n) is 4.07. The number of fused-ring (bicyclic) bond motifs is 1. The summed E-state index contributed by atoms with van der Waals surface area (Å²) in [5.74, 6) is 1.70. The fourth-order valence-corrected chi connectivity index (χ4v) is 4.07.